The lowest BCUT2D eigenvalue weighted by atomic mass is 9.87. The third-order valence-electron chi connectivity index (χ3n) is 2.23. The second-order valence-corrected chi connectivity index (χ2v) is 3.35. The standard InChI is InChI=1S/C8H15NO/c1-6(2)7-3-4-9-8(10)5-7/h6-7H,3-5H2,1-2H3,(H,9,10)/t7-/m0/s1. The molecule has 1 N–H and O–H groups in total. The van der Waals surface area contributed by atoms with Gasteiger partial charge >= 0.3 is 0 Å². The minimum absolute atomic E-state index is 0.227. The highest BCUT2D eigenvalue weighted by molar-refractivity contribution is 5.76. The van der Waals surface area contributed by atoms with Crippen LogP contribution in [0.2, 0.25) is 0 Å². The summed E-state index contributed by atoms with van der Waals surface area (Å²) in [5.41, 5.74) is 0. The van der Waals surface area contributed by atoms with Gasteiger partial charge in [0.25, 0.3) is 0 Å². The van der Waals surface area contributed by atoms with Crippen LogP contribution in [-0.2, 0) is 4.79 Å². The molecule has 0 unspecified atom stereocenters. The molecular weight excluding hydrogens is 126 g/mol. The fourth-order valence-electron chi connectivity index (χ4n) is 1.38. The predicted octanol–water partition coefficient (Wildman–Crippen LogP) is 1.17. The molecule has 1 aliphatic heterocycles. The molecule has 0 aliphatic carbocycles. The second-order valence-electron chi connectivity index (χ2n) is 3.35. The number of piperidine rings is 1. The minimum atomic E-state index is 0.227. The van der Waals surface area contributed by atoms with Gasteiger partial charge in [-0.1, -0.05) is 13.8 Å². The van der Waals surface area contributed by atoms with Gasteiger partial charge in [-0.3, -0.25) is 4.79 Å². The zero-order valence-electron chi connectivity index (χ0n) is 6.68. The zero-order valence-corrected chi connectivity index (χ0v) is 6.68. The van der Waals surface area contributed by atoms with E-state index in [9.17, 15) is 4.79 Å². The van der Waals surface area contributed by atoms with Gasteiger partial charge in [0.15, 0.2) is 0 Å². The summed E-state index contributed by atoms with van der Waals surface area (Å²) in [6, 6.07) is 0. The van der Waals surface area contributed by atoms with Crippen LogP contribution >= 0.6 is 0 Å². The van der Waals surface area contributed by atoms with Crippen molar-refractivity contribution in [2.45, 2.75) is 26.7 Å². The molecule has 1 aliphatic rings. The number of hydrogen-bond acceptors (Lipinski definition) is 1. The highest BCUT2D eigenvalue weighted by Gasteiger charge is 2.20. The van der Waals surface area contributed by atoms with Crippen LogP contribution in [0.3, 0.4) is 0 Å². The van der Waals surface area contributed by atoms with Crippen LogP contribution in [0.5, 0.6) is 0 Å². The van der Waals surface area contributed by atoms with E-state index < -0.39 is 0 Å². The first-order valence-corrected chi connectivity index (χ1v) is 3.97. The fraction of sp³-hybridized carbons (Fsp3) is 0.875. The summed E-state index contributed by atoms with van der Waals surface area (Å²) in [5.74, 6) is 1.50. The van der Waals surface area contributed by atoms with Crippen molar-refractivity contribution < 1.29 is 4.79 Å². The first-order chi connectivity index (χ1) is 4.70. The van der Waals surface area contributed by atoms with Crippen LogP contribution < -0.4 is 5.32 Å². The molecule has 1 heterocycles. The van der Waals surface area contributed by atoms with Crippen LogP contribution in [0, 0.1) is 11.8 Å². The summed E-state index contributed by atoms with van der Waals surface area (Å²) in [7, 11) is 0. The summed E-state index contributed by atoms with van der Waals surface area (Å²) in [6.07, 6.45) is 1.89. The Morgan fingerprint density at radius 3 is 2.70 bits per heavy atom. The van der Waals surface area contributed by atoms with Gasteiger partial charge in [0.1, 0.15) is 0 Å². The van der Waals surface area contributed by atoms with Crippen LogP contribution in [0.4, 0.5) is 0 Å². The average molecular weight is 141 g/mol. The van der Waals surface area contributed by atoms with Gasteiger partial charge in [-0.15, -0.1) is 0 Å². The van der Waals surface area contributed by atoms with E-state index in [0.717, 1.165) is 19.4 Å². The van der Waals surface area contributed by atoms with Gasteiger partial charge in [0, 0.05) is 13.0 Å². The van der Waals surface area contributed by atoms with Gasteiger partial charge in [-0.25, -0.2) is 0 Å². The fourth-order valence-corrected chi connectivity index (χ4v) is 1.38. The summed E-state index contributed by atoms with van der Waals surface area (Å²) < 4.78 is 0. The Labute approximate surface area is 62.0 Å². The highest BCUT2D eigenvalue weighted by Crippen LogP contribution is 2.20. The molecule has 1 rings (SSSR count). The number of carbonyl (C=O) groups is 1. The molecule has 1 fully saturated rings. The van der Waals surface area contributed by atoms with E-state index >= 15 is 0 Å². The van der Waals surface area contributed by atoms with Gasteiger partial charge in [0.2, 0.25) is 5.91 Å². The summed E-state index contributed by atoms with van der Waals surface area (Å²) >= 11 is 0. The van der Waals surface area contributed by atoms with Crippen molar-refractivity contribution in [2.24, 2.45) is 11.8 Å². The van der Waals surface area contributed by atoms with Crippen LogP contribution in [0.15, 0.2) is 0 Å². The predicted molar refractivity (Wildman–Crippen MR) is 40.6 cm³/mol. The van der Waals surface area contributed by atoms with Crippen molar-refractivity contribution in [2.75, 3.05) is 6.54 Å². The molecular formula is C8H15NO. The molecule has 0 aromatic carbocycles. The molecule has 58 valence electrons. The minimum Gasteiger partial charge on any atom is -0.356 e. The van der Waals surface area contributed by atoms with Crippen molar-refractivity contribution in [3.05, 3.63) is 0 Å². The van der Waals surface area contributed by atoms with Crippen LogP contribution in [0.25, 0.3) is 0 Å². The number of nitrogens with one attached hydrogen (secondary N) is 1. The van der Waals surface area contributed by atoms with E-state index in [4.69, 9.17) is 0 Å². The molecule has 0 aromatic heterocycles. The summed E-state index contributed by atoms with van der Waals surface area (Å²) in [5, 5.41) is 2.83. The van der Waals surface area contributed by atoms with E-state index in [2.05, 4.69) is 19.2 Å². The highest BCUT2D eigenvalue weighted by atomic mass is 16.1. The van der Waals surface area contributed by atoms with Gasteiger partial charge in [0.05, 0.1) is 0 Å². The molecule has 2 nitrogen and oxygen atoms in total. The number of rotatable bonds is 1. The van der Waals surface area contributed by atoms with E-state index in [1.165, 1.54) is 0 Å². The average Bonchev–Trinajstić information content (AvgIpc) is 1.88. The Hall–Kier alpha value is -0.530. The van der Waals surface area contributed by atoms with Crippen molar-refractivity contribution in [3.8, 4) is 0 Å². The molecule has 0 aromatic rings. The number of hydrogen-bond donors (Lipinski definition) is 1. The lowest BCUT2D eigenvalue weighted by molar-refractivity contribution is -0.123. The SMILES string of the molecule is CC(C)[C@H]1CCNC(=O)C1. The van der Waals surface area contributed by atoms with Gasteiger partial charge in [-0.2, -0.15) is 0 Å². The van der Waals surface area contributed by atoms with Crippen molar-refractivity contribution in [1.29, 1.82) is 0 Å². The monoisotopic (exact) mass is 141 g/mol. The lowest BCUT2D eigenvalue weighted by Gasteiger charge is -2.24. The maximum atomic E-state index is 10.9. The third-order valence-corrected chi connectivity index (χ3v) is 2.23. The van der Waals surface area contributed by atoms with Gasteiger partial charge < -0.3 is 5.32 Å². The lowest BCUT2D eigenvalue weighted by Crippen LogP contribution is -2.35. The smallest absolute Gasteiger partial charge is 0.220 e. The quantitative estimate of drug-likeness (QED) is 0.583. The Kier molecular flexibility index (Phi) is 2.30. The number of amides is 1. The van der Waals surface area contributed by atoms with Crippen molar-refractivity contribution in [1.82, 2.24) is 5.32 Å². The van der Waals surface area contributed by atoms with Crippen molar-refractivity contribution in [3.63, 3.8) is 0 Å². The van der Waals surface area contributed by atoms with E-state index in [1.54, 1.807) is 0 Å². The Morgan fingerprint density at radius 1 is 1.60 bits per heavy atom. The largest absolute Gasteiger partial charge is 0.356 e. The summed E-state index contributed by atoms with van der Waals surface area (Å²) in [6.45, 7) is 5.24. The van der Waals surface area contributed by atoms with Gasteiger partial charge in [-0.05, 0) is 18.3 Å². The summed E-state index contributed by atoms with van der Waals surface area (Å²) in [4.78, 5) is 10.9. The number of carbonyl (C=O) groups excluding carboxylic acids is 1. The molecule has 1 atom stereocenters. The van der Waals surface area contributed by atoms with E-state index in [0.29, 0.717) is 11.8 Å². The molecule has 0 spiro atoms. The third kappa shape index (κ3) is 1.72. The molecule has 10 heavy (non-hydrogen) atoms. The Morgan fingerprint density at radius 2 is 2.30 bits per heavy atom. The molecule has 2 heteroatoms. The maximum Gasteiger partial charge on any atom is 0.220 e. The van der Waals surface area contributed by atoms with E-state index in [-0.39, 0.29) is 5.91 Å². The molecule has 0 bridgehead atoms. The van der Waals surface area contributed by atoms with Crippen molar-refractivity contribution >= 4 is 5.91 Å². The molecule has 0 radical (unpaired) electrons. The zero-order chi connectivity index (χ0) is 7.56. The molecule has 0 saturated carbocycles. The first-order valence-electron chi connectivity index (χ1n) is 3.97. The topological polar surface area (TPSA) is 29.1 Å². The molecule has 1 amide bonds. The van der Waals surface area contributed by atoms with E-state index in [1.807, 2.05) is 0 Å². The maximum absolute atomic E-state index is 10.9. The second kappa shape index (κ2) is 3.04. The van der Waals surface area contributed by atoms with Crippen LogP contribution in [0.1, 0.15) is 26.7 Å². The Bertz CT molecular complexity index is 131. The Balaban J connectivity index is 2.39. The van der Waals surface area contributed by atoms with Crippen LogP contribution in [-0.4, -0.2) is 12.5 Å². The normalized spacial score (nSPS) is 26.7. The first kappa shape index (κ1) is 7.58. The molecule has 1 saturated heterocycles.